The van der Waals surface area contributed by atoms with Gasteiger partial charge in [0.05, 0.1) is 4.91 Å². The van der Waals surface area contributed by atoms with Crippen molar-refractivity contribution in [2.75, 3.05) is 25.1 Å². The Morgan fingerprint density at radius 3 is 2.59 bits per heavy atom. The van der Waals surface area contributed by atoms with Crippen molar-refractivity contribution >= 4 is 52.2 Å². The van der Waals surface area contributed by atoms with Crippen molar-refractivity contribution in [3.63, 3.8) is 0 Å². The number of carbonyl (C=O) groups is 3. The molecule has 1 saturated heterocycles. The number of fused-ring (bicyclic) bond motifs is 1. The van der Waals surface area contributed by atoms with Crippen LogP contribution in [0.1, 0.15) is 5.76 Å². The largest absolute Gasteiger partial charge is 0.486 e. The Bertz CT molecular complexity index is 1320. The summed E-state index contributed by atoms with van der Waals surface area (Å²) in [6, 6.07) is 15.6. The first kappa shape index (κ1) is 22.1. The van der Waals surface area contributed by atoms with E-state index in [-0.39, 0.29) is 4.91 Å². The van der Waals surface area contributed by atoms with Gasteiger partial charge in [-0.05, 0) is 60.3 Å². The molecule has 0 spiro atoms. The topological polar surface area (TPSA) is 98.1 Å². The van der Waals surface area contributed by atoms with E-state index in [9.17, 15) is 14.4 Å². The van der Waals surface area contributed by atoms with E-state index in [0.29, 0.717) is 46.9 Å². The molecule has 3 heterocycles. The molecule has 0 atom stereocenters. The van der Waals surface area contributed by atoms with Crippen LogP contribution in [0, 0.1) is 0 Å². The summed E-state index contributed by atoms with van der Waals surface area (Å²) < 4.78 is 16.7. The van der Waals surface area contributed by atoms with Gasteiger partial charge in [0.2, 0.25) is 5.91 Å². The molecule has 2 aliphatic rings. The molecule has 0 saturated carbocycles. The fourth-order valence-corrected chi connectivity index (χ4v) is 4.37. The Hall–Kier alpha value is -3.69. The number of carbonyl (C=O) groups excluding carboxylic acids is 3. The third kappa shape index (κ3) is 4.66. The fraction of sp³-hybridized carbons (Fsp3) is 0.125. The molecule has 3 amide bonds. The molecule has 3 aromatic rings. The molecule has 0 radical (unpaired) electrons. The lowest BCUT2D eigenvalue weighted by Gasteiger charge is -2.19. The van der Waals surface area contributed by atoms with Gasteiger partial charge in [-0.3, -0.25) is 19.3 Å². The van der Waals surface area contributed by atoms with Gasteiger partial charge in [0.15, 0.2) is 11.5 Å². The van der Waals surface area contributed by atoms with Gasteiger partial charge in [-0.1, -0.05) is 11.6 Å². The zero-order valence-corrected chi connectivity index (χ0v) is 19.2. The number of anilines is 1. The SMILES string of the molecule is O=C(CN1C(=O)S/C(=C/c2ccc(-c3ccc(Cl)cc3)o2)C1=O)Nc1ccc2c(c1)OCCO2. The molecule has 1 N–H and O–H groups in total. The van der Waals surface area contributed by atoms with Gasteiger partial charge in [-0.2, -0.15) is 0 Å². The number of nitrogens with zero attached hydrogens (tertiary/aromatic N) is 1. The van der Waals surface area contributed by atoms with Crippen LogP contribution in [0.4, 0.5) is 10.5 Å². The second-order valence-corrected chi connectivity index (χ2v) is 8.81. The van der Waals surface area contributed by atoms with E-state index >= 15 is 0 Å². The third-order valence-electron chi connectivity index (χ3n) is 5.03. The zero-order valence-electron chi connectivity index (χ0n) is 17.6. The Morgan fingerprint density at radius 1 is 1.03 bits per heavy atom. The van der Waals surface area contributed by atoms with Gasteiger partial charge in [0.25, 0.3) is 11.1 Å². The van der Waals surface area contributed by atoms with Gasteiger partial charge < -0.3 is 19.2 Å². The van der Waals surface area contributed by atoms with E-state index in [1.165, 1.54) is 6.08 Å². The molecular weight excluding hydrogens is 480 g/mol. The summed E-state index contributed by atoms with van der Waals surface area (Å²) in [5.74, 6) is 1.06. The molecule has 2 aromatic carbocycles. The van der Waals surface area contributed by atoms with E-state index < -0.39 is 23.6 Å². The van der Waals surface area contributed by atoms with E-state index in [4.69, 9.17) is 25.5 Å². The van der Waals surface area contributed by atoms with Crippen LogP contribution in [-0.2, 0) is 9.59 Å². The van der Waals surface area contributed by atoms with E-state index in [1.807, 2.05) is 12.1 Å². The monoisotopic (exact) mass is 496 g/mol. The van der Waals surface area contributed by atoms with E-state index in [0.717, 1.165) is 22.2 Å². The molecule has 172 valence electrons. The molecule has 34 heavy (non-hydrogen) atoms. The molecule has 0 aliphatic carbocycles. The predicted octanol–water partition coefficient (Wildman–Crippen LogP) is 5.05. The average molecular weight is 497 g/mol. The lowest BCUT2D eigenvalue weighted by molar-refractivity contribution is -0.127. The van der Waals surface area contributed by atoms with Crippen LogP contribution in [0.15, 0.2) is 63.9 Å². The number of nitrogens with one attached hydrogen (secondary N) is 1. The summed E-state index contributed by atoms with van der Waals surface area (Å²) >= 11 is 6.67. The minimum Gasteiger partial charge on any atom is -0.486 e. The molecule has 0 unspecified atom stereocenters. The fourth-order valence-electron chi connectivity index (χ4n) is 3.43. The number of thioether (sulfide) groups is 1. The number of furan rings is 1. The van der Waals surface area contributed by atoms with Crippen LogP contribution in [-0.4, -0.2) is 41.7 Å². The van der Waals surface area contributed by atoms with Gasteiger partial charge in [0.1, 0.15) is 31.3 Å². The highest BCUT2D eigenvalue weighted by Gasteiger charge is 2.36. The summed E-state index contributed by atoms with van der Waals surface area (Å²) in [6.45, 7) is 0.473. The van der Waals surface area contributed by atoms with Crippen LogP contribution < -0.4 is 14.8 Å². The number of ether oxygens (including phenoxy) is 2. The van der Waals surface area contributed by atoms with Crippen LogP contribution in [0.25, 0.3) is 17.4 Å². The summed E-state index contributed by atoms with van der Waals surface area (Å²) in [6.07, 6.45) is 1.49. The van der Waals surface area contributed by atoms with Crippen molar-refractivity contribution in [3.05, 3.63) is 70.3 Å². The minimum absolute atomic E-state index is 0.175. The quantitative estimate of drug-likeness (QED) is 0.494. The van der Waals surface area contributed by atoms with Crippen molar-refractivity contribution in [1.82, 2.24) is 4.90 Å². The maximum Gasteiger partial charge on any atom is 0.294 e. The first-order valence-corrected chi connectivity index (χ1v) is 11.5. The number of rotatable bonds is 5. The number of amides is 3. The Labute approximate surface area is 203 Å². The molecule has 10 heteroatoms. The van der Waals surface area contributed by atoms with E-state index in [1.54, 1.807) is 42.5 Å². The van der Waals surface area contributed by atoms with Crippen molar-refractivity contribution in [3.8, 4) is 22.8 Å². The molecule has 5 rings (SSSR count). The van der Waals surface area contributed by atoms with Crippen molar-refractivity contribution in [1.29, 1.82) is 0 Å². The average Bonchev–Trinajstić information content (AvgIpc) is 3.40. The highest BCUT2D eigenvalue weighted by atomic mass is 35.5. The highest BCUT2D eigenvalue weighted by Crippen LogP contribution is 2.34. The lowest BCUT2D eigenvalue weighted by Crippen LogP contribution is -2.36. The summed E-state index contributed by atoms with van der Waals surface area (Å²) in [4.78, 5) is 38.7. The minimum atomic E-state index is -0.559. The van der Waals surface area contributed by atoms with Crippen LogP contribution in [0.5, 0.6) is 11.5 Å². The smallest absolute Gasteiger partial charge is 0.294 e. The van der Waals surface area contributed by atoms with Gasteiger partial charge in [-0.25, -0.2) is 0 Å². The van der Waals surface area contributed by atoms with Crippen molar-refractivity contribution in [2.45, 2.75) is 0 Å². The van der Waals surface area contributed by atoms with Crippen LogP contribution >= 0.6 is 23.4 Å². The Kier molecular flexibility index (Phi) is 6.04. The molecule has 8 nitrogen and oxygen atoms in total. The number of benzene rings is 2. The number of hydrogen-bond donors (Lipinski definition) is 1. The zero-order chi connectivity index (χ0) is 23.7. The maximum atomic E-state index is 12.8. The predicted molar refractivity (Wildman–Crippen MR) is 128 cm³/mol. The lowest BCUT2D eigenvalue weighted by atomic mass is 10.2. The van der Waals surface area contributed by atoms with Gasteiger partial charge in [0, 0.05) is 28.4 Å². The second kappa shape index (κ2) is 9.28. The number of hydrogen-bond acceptors (Lipinski definition) is 7. The highest BCUT2D eigenvalue weighted by molar-refractivity contribution is 8.18. The standard InChI is InChI=1S/C24H17ClN2O6S/c25-15-3-1-14(2-4-15)18-8-6-17(33-18)12-21-23(29)27(24(30)34-21)13-22(28)26-16-5-7-19-20(11-16)32-10-9-31-19/h1-8,11-12H,9-10,13H2,(H,26,28)/b21-12+. The molecule has 0 bridgehead atoms. The Morgan fingerprint density at radius 2 is 1.79 bits per heavy atom. The molecule has 1 aromatic heterocycles. The third-order valence-corrected chi connectivity index (χ3v) is 6.19. The molecule has 2 aliphatic heterocycles. The Balaban J connectivity index is 1.25. The van der Waals surface area contributed by atoms with Gasteiger partial charge in [-0.15, -0.1) is 0 Å². The summed E-state index contributed by atoms with van der Waals surface area (Å²) in [5, 5.41) is 2.76. The first-order valence-electron chi connectivity index (χ1n) is 10.3. The van der Waals surface area contributed by atoms with Crippen LogP contribution in [0.2, 0.25) is 5.02 Å². The summed E-state index contributed by atoms with van der Waals surface area (Å²) in [5.41, 5.74) is 1.30. The van der Waals surface area contributed by atoms with Crippen molar-refractivity contribution in [2.24, 2.45) is 0 Å². The second-order valence-electron chi connectivity index (χ2n) is 7.38. The first-order chi connectivity index (χ1) is 16.5. The van der Waals surface area contributed by atoms with Crippen LogP contribution in [0.3, 0.4) is 0 Å². The molecular formula is C24H17ClN2O6S. The molecule has 1 fully saturated rings. The van der Waals surface area contributed by atoms with Crippen molar-refractivity contribution < 1.29 is 28.3 Å². The normalized spacial score (nSPS) is 16.3. The number of imide groups is 1. The van der Waals surface area contributed by atoms with E-state index in [2.05, 4.69) is 5.32 Å². The maximum absolute atomic E-state index is 12.8. The number of halogens is 1. The summed E-state index contributed by atoms with van der Waals surface area (Å²) in [7, 11) is 0. The van der Waals surface area contributed by atoms with Gasteiger partial charge >= 0.3 is 0 Å².